The van der Waals surface area contributed by atoms with Crippen LogP contribution in [0.4, 0.5) is 0 Å². The van der Waals surface area contributed by atoms with Crippen LogP contribution in [0.1, 0.15) is 19.4 Å². The molecule has 0 saturated carbocycles. The number of esters is 1. The molecule has 1 aromatic heterocycles. The molecule has 2 aromatic rings. The summed E-state index contributed by atoms with van der Waals surface area (Å²) in [4.78, 5) is 11.3. The Morgan fingerprint density at radius 2 is 2.09 bits per heavy atom. The van der Waals surface area contributed by atoms with Gasteiger partial charge in [0.05, 0.1) is 31.2 Å². The summed E-state index contributed by atoms with van der Waals surface area (Å²) in [7, 11) is -2.26. The Balaban J connectivity index is 2.41. The minimum Gasteiger partial charge on any atom is -0.507 e. The van der Waals surface area contributed by atoms with Crippen LogP contribution in [-0.2, 0) is 26.0 Å². The highest BCUT2D eigenvalue weighted by Gasteiger charge is 2.20. The zero-order chi connectivity index (χ0) is 17.2. The Bertz CT molecular complexity index is 824. The van der Waals surface area contributed by atoms with E-state index >= 15 is 0 Å². The van der Waals surface area contributed by atoms with Gasteiger partial charge in [-0.25, -0.2) is 8.42 Å². The normalized spacial score (nSPS) is 11.7. The number of phenolic OH excluding ortho intramolecular Hbond substituents is 1. The van der Waals surface area contributed by atoms with Gasteiger partial charge < -0.3 is 9.84 Å². The van der Waals surface area contributed by atoms with E-state index in [1.165, 1.54) is 25.6 Å². The first-order valence-electron chi connectivity index (χ1n) is 6.94. The van der Waals surface area contributed by atoms with Gasteiger partial charge in [0.1, 0.15) is 5.75 Å². The second-order valence-corrected chi connectivity index (χ2v) is 7.65. The number of carbonyl (C=O) groups is 1. The van der Waals surface area contributed by atoms with Crippen molar-refractivity contribution < 1.29 is 23.1 Å². The van der Waals surface area contributed by atoms with Gasteiger partial charge in [0.15, 0.2) is 0 Å². The molecule has 8 heteroatoms. The lowest BCUT2D eigenvalue weighted by Crippen LogP contribution is -2.22. The quantitative estimate of drug-likeness (QED) is 0.831. The Kier molecular flexibility index (Phi) is 4.74. The summed E-state index contributed by atoms with van der Waals surface area (Å²) >= 11 is 0. The fourth-order valence-electron chi connectivity index (χ4n) is 1.96. The number of carbonyl (C=O) groups excluding carboxylic acids is 1. The molecule has 0 aliphatic carbocycles. The maximum Gasteiger partial charge on any atom is 0.309 e. The van der Waals surface area contributed by atoms with Crippen LogP contribution in [0.5, 0.6) is 5.75 Å². The van der Waals surface area contributed by atoms with E-state index < -0.39 is 21.2 Å². The van der Waals surface area contributed by atoms with Gasteiger partial charge >= 0.3 is 5.97 Å². The highest BCUT2D eigenvalue weighted by molar-refractivity contribution is 7.90. The molecule has 0 atom stereocenters. The van der Waals surface area contributed by atoms with Gasteiger partial charge in [0, 0.05) is 11.1 Å². The molecule has 0 saturated heterocycles. The Morgan fingerprint density at radius 1 is 1.39 bits per heavy atom. The molecule has 23 heavy (non-hydrogen) atoms. The molecule has 124 valence electrons. The fourth-order valence-corrected chi connectivity index (χ4v) is 2.83. The zero-order valence-electron chi connectivity index (χ0n) is 13.1. The standard InChI is InChI=1S/C15H18N2O5S/c1-10(2)23(20,21)17-9-12(8-16-17)13-6-11(4-5-14(13)18)7-15(19)22-3/h4-6,8-10,18H,7H2,1-3H3. The molecule has 0 amide bonds. The number of aromatic nitrogens is 2. The minimum atomic E-state index is -3.56. The average Bonchev–Trinajstić information content (AvgIpc) is 2.99. The first-order chi connectivity index (χ1) is 10.8. The van der Waals surface area contributed by atoms with Gasteiger partial charge in [-0.2, -0.15) is 9.19 Å². The summed E-state index contributed by atoms with van der Waals surface area (Å²) < 4.78 is 29.7. The molecule has 1 heterocycles. The molecule has 0 spiro atoms. The van der Waals surface area contributed by atoms with Gasteiger partial charge in [-0.3, -0.25) is 4.79 Å². The van der Waals surface area contributed by atoms with Gasteiger partial charge in [-0.05, 0) is 31.5 Å². The zero-order valence-corrected chi connectivity index (χ0v) is 13.9. The third kappa shape index (κ3) is 3.53. The first kappa shape index (κ1) is 17.0. The van der Waals surface area contributed by atoms with Crippen molar-refractivity contribution in [1.82, 2.24) is 9.19 Å². The van der Waals surface area contributed by atoms with Crippen LogP contribution >= 0.6 is 0 Å². The first-order valence-corrected chi connectivity index (χ1v) is 8.44. The number of benzene rings is 1. The van der Waals surface area contributed by atoms with E-state index in [-0.39, 0.29) is 12.2 Å². The monoisotopic (exact) mass is 338 g/mol. The van der Waals surface area contributed by atoms with Crippen LogP contribution in [0.15, 0.2) is 30.6 Å². The van der Waals surface area contributed by atoms with Crippen molar-refractivity contribution >= 4 is 16.0 Å². The number of rotatable bonds is 5. The largest absolute Gasteiger partial charge is 0.507 e. The van der Waals surface area contributed by atoms with E-state index in [0.717, 1.165) is 4.09 Å². The number of nitrogens with zero attached hydrogens (tertiary/aromatic N) is 2. The third-order valence-corrected chi connectivity index (χ3v) is 5.28. The minimum absolute atomic E-state index is 0.0277. The van der Waals surface area contributed by atoms with Crippen molar-refractivity contribution in [3.05, 3.63) is 36.2 Å². The van der Waals surface area contributed by atoms with Crippen molar-refractivity contribution in [3.63, 3.8) is 0 Å². The third-order valence-electron chi connectivity index (χ3n) is 3.36. The molecule has 0 fully saturated rings. The second kappa shape index (κ2) is 6.41. The van der Waals surface area contributed by atoms with Crippen LogP contribution in [0.25, 0.3) is 11.1 Å². The summed E-state index contributed by atoms with van der Waals surface area (Å²) in [6.07, 6.45) is 2.76. The van der Waals surface area contributed by atoms with E-state index in [2.05, 4.69) is 9.84 Å². The number of aromatic hydroxyl groups is 1. The van der Waals surface area contributed by atoms with Crippen molar-refractivity contribution in [1.29, 1.82) is 0 Å². The molecule has 2 rings (SSSR count). The van der Waals surface area contributed by atoms with Crippen molar-refractivity contribution in [2.24, 2.45) is 0 Å². The van der Waals surface area contributed by atoms with Gasteiger partial charge in [0.2, 0.25) is 0 Å². The maximum atomic E-state index is 12.1. The van der Waals surface area contributed by atoms with E-state index in [1.807, 2.05) is 0 Å². The lowest BCUT2D eigenvalue weighted by atomic mass is 10.0. The van der Waals surface area contributed by atoms with Crippen molar-refractivity contribution in [2.75, 3.05) is 7.11 Å². The smallest absolute Gasteiger partial charge is 0.309 e. The van der Waals surface area contributed by atoms with E-state index in [9.17, 15) is 18.3 Å². The molecule has 0 bridgehead atoms. The summed E-state index contributed by atoms with van der Waals surface area (Å²) in [5, 5.41) is 13.2. The number of hydrogen-bond donors (Lipinski definition) is 1. The Hall–Kier alpha value is -2.35. The summed E-state index contributed by atoms with van der Waals surface area (Å²) in [6.45, 7) is 3.12. The summed E-state index contributed by atoms with van der Waals surface area (Å²) in [6, 6.07) is 4.66. The van der Waals surface area contributed by atoms with E-state index in [4.69, 9.17) is 0 Å². The lowest BCUT2D eigenvalue weighted by Gasteiger charge is -2.07. The Labute approximate surface area is 134 Å². The molecule has 0 aliphatic heterocycles. The molecule has 0 radical (unpaired) electrons. The van der Waals surface area contributed by atoms with Crippen LogP contribution < -0.4 is 0 Å². The van der Waals surface area contributed by atoms with E-state index in [1.54, 1.807) is 26.0 Å². The molecule has 0 aliphatic rings. The van der Waals surface area contributed by atoms with Crippen molar-refractivity contribution in [3.8, 4) is 16.9 Å². The van der Waals surface area contributed by atoms with Crippen LogP contribution in [0.3, 0.4) is 0 Å². The maximum absolute atomic E-state index is 12.1. The van der Waals surface area contributed by atoms with Crippen LogP contribution in [0, 0.1) is 0 Å². The summed E-state index contributed by atoms with van der Waals surface area (Å²) in [5.41, 5.74) is 1.49. The SMILES string of the molecule is COC(=O)Cc1ccc(O)c(-c2cnn(S(=O)(=O)C(C)C)c2)c1. The highest BCUT2D eigenvalue weighted by atomic mass is 32.2. The predicted octanol–water partition coefficient (Wildman–Crippen LogP) is 1.56. The highest BCUT2D eigenvalue weighted by Crippen LogP contribution is 2.30. The van der Waals surface area contributed by atoms with E-state index in [0.29, 0.717) is 16.7 Å². The second-order valence-electron chi connectivity index (χ2n) is 5.30. The lowest BCUT2D eigenvalue weighted by molar-refractivity contribution is -0.139. The fraction of sp³-hybridized carbons (Fsp3) is 0.333. The van der Waals surface area contributed by atoms with Crippen molar-refractivity contribution in [2.45, 2.75) is 25.5 Å². The number of methoxy groups -OCH3 is 1. The van der Waals surface area contributed by atoms with Gasteiger partial charge in [-0.15, -0.1) is 0 Å². The molecule has 1 aromatic carbocycles. The molecular weight excluding hydrogens is 320 g/mol. The number of phenols is 1. The van der Waals surface area contributed by atoms with Gasteiger partial charge in [-0.1, -0.05) is 6.07 Å². The number of ether oxygens (including phenoxy) is 1. The predicted molar refractivity (Wildman–Crippen MR) is 84.5 cm³/mol. The van der Waals surface area contributed by atoms with Crippen LogP contribution in [0.2, 0.25) is 0 Å². The molecular formula is C15H18N2O5S. The molecule has 1 N–H and O–H groups in total. The molecule has 0 unspecified atom stereocenters. The number of hydrogen-bond acceptors (Lipinski definition) is 6. The topological polar surface area (TPSA) is 98.5 Å². The van der Waals surface area contributed by atoms with Gasteiger partial charge in [0.25, 0.3) is 10.0 Å². The average molecular weight is 338 g/mol. The molecule has 7 nitrogen and oxygen atoms in total. The summed E-state index contributed by atoms with van der Waals surface area (Å²) in [5.74, 6) is -0.431. The Morgan fingerprint density at radius 3 is 2.70 bits per heavy atom. The van der Waals surface area contributed by atoms with Crippen LogP contribution in [-0.4, -0.2) is 41.0 Å².